The summed E-state index contributed by atoms with van der Waals surface area (Å²) in [4.78, 5) is 37.4. The first kappa shape index (κ1) is 20.3. The van der Waals surface area contributed by atoms with E-state index in [-0.39, 0.29) is 22.1 Å². The Labute approximate surface area is 168 Å². The first-order valence-electron chi connectivity index (χ1n) is 8.15. The third kappa shape index (κ3) is 4.54. The topological polar surface area (TPSA) is 95.9 Å². The Morgan fingerprint density at radius 2 is 2.00 bits per heavy atom. The summed E-state index contributed by atoms with van der Waals surface area (Å²) in [5.74, 6) is -3.19. The van der Waals surface area contributed by atoms with Gasteiger partial charge in [-0.2, -0.15) is 0 Å². The molecule has 29 heavy (non-hydrogen) atoms. The monoisotopic (exact) mass is 420 g/mol. The standard InChI is InChI=1S/C19H14F2N2O5S/c1-28-15-5-2-10(6-14(15)24)7-16-18(26)23(19(27)29-16)9-17(25)22-13-4-3-11(20)8-12(13)21/h2-8,24H,9H2,1H3,(H,22,25)/b16-7+. The zero-order chi connectivity index (χ0) is 21.1. The van der Waals surface area contributed by atoms with Crippen molar-refractivity contribution in [2.24, 2.45) is 0 Å². The van der Waals surface area contributed by atoms with Gasteiger partial charge in [-0.3, -0.25) is 19.3 Å². The van der Waals surface area contributed by atoms with Gasteiger partial charge in [0.05, 0.1) is 17.7 Å². The number of hydrogen-bond donors (Lipinski definition) is 2. The smallest absolute Gasteiger partial charge is 0.294 e. The van der Waals surface area contributed by atoms with Gasteiger partial charge in [-0.25, -0.2) is 8.78 Å². The zero-order valence-electron chi connectivity index (χ0n) is 14.9. The number of hydrogen-bond acceptors (Lipinski definition) is 6. The quantitative estimate of drug-likeness (QED) is 0.721. The van der Waals surface area contributed by atoms with Crippen molar-refractivity contribution in [3.63, 3.8) is 0 Å². The molecule has 10 heteroatoms. The lowest BCUT2D eigenvalue weighted by Gasteiger charge is -2.12. The number of nitrogens with zero attached hydrogens (tertiary/aromatic N) is 1. The second-order valence-corrected chi connectivity index (χ2v) is 6.86. The number of anilines is 1. The number of carbonyl (C=O) groups is 3. The Hall–Kier alpha value is -3.40. The maximum atomic E-state index is 13.6. The third-order valence-corrected chi connectivity index (χ3v) is 4.79. The van der Waals surface area contributed by atoms with Crippen LogP contribution >= 0.6 is 11.8 Å². The van der Waals surface area contributed by atoms with Crippen LogP contribution in [0, 0.1) is 11.6 Å². The highest BCUT2D eigenvalue weighted by molar-refractivity contribution is 8.18. The number of benzene rings is 2. The van der Waals surface area contributed by atoms with Crippen LogP contribution < -0.4 is 10.1 Å². The van der Waals surface area contributed by atoms with E-state index in [2.05, 4.69) is 5.32 Å². The van der Waals surface area contributed by atoms with Gasteiger partial charge in [0, 0.05) is 6.07 Å². The molecule has 2 N–H and O–H groups in total. The normalized spacial score (nSPS) is 15.1. The van der Waals surface area contributed by atoms with E-state index < -0.39 is 35.2 Å². The van der Waals surface area contributed by atoms with Crippen LogP contribution in [0.4, 0.5) is 19.3 Å². The third-order valence-electron chi connectivity index (χ3n) is 3.88. The Kier molecular flexibility index (Phi) is 5.83. The second kappa shape index (κ2) is 8.31. The number of halogens is 2. The number of aromatic hydroxyl groups is 1. The predicted molar refractivity (Wildman–Crippen MR) is 102 cm³/mol. The van der Waals surface area contributed by atoms with Crippen LogP contribution in [0.25, 0.3) is 6.08 Å². The molecule has 0 saturated carbocycles. The number of carbonyl (C=O) groups excluding carboxylic acids is 3. The van der Waals surface area contributed by atoms with E-state index in [4.69, 9.17) is 4.74 Å². The number of rotatable bonds is 5. The first-order valence-corrected chi connectivity index (χ1v) is 8.97. The SMILES string of the molecule is COc1ccc(/C=C2/SC(=O)N(CC(=O)Nc3ccc(F)cc3F)C2=O)cc1O. The molecule has 1 heterocycles. The maximum Gasteiger partial charge on any atom is 0.294 e. The molecule has 0 radical (unpaired) electrons. The summed E-state index contributed by atoms with van der Waals surface area (Å²) >= 11 is 0.628. The molecule has 2 aromatic carbocycles. The zero-order valence-corrected chi connectivity index (χ0v) is 15.8. The van der Waals surface area contributed by atoms with E-state index in [0.29, 0.717) is 28.3 Å². The Morgan fingerprint density at radius 1 is 1.24 bits per heavy atom. The molecule has 1 fully saturated rings. The van der Waals surface area contributed by atoms with E-state index in [0.717, 1.165) is 12.1 Å². The van der Waals surface area contributed by atoms with E-state index in [1.54, 1.807) is 6.07 Å². The summed E-state index contributed by atoms with van der Waals surface area (Å²) < 4.78 is 31.5. The number of imide groups is 1. The van der Waals surface area contributed by atoms with Crippen LogP contribution in [0.2, 0.25) is 0 Å². The Balaban J connectivity index is 1.71. The highest BCUT2D eigenvalue weighted by atomic mass is 32.2. The van der Waals surface area contributed by atoms with E-state index in [1.165, 1.54) is 25.3 Å². The highest BCUT2D eigenvalue weighted by Crippen LogP contribution is 2.34. The maximum absolute atomic E-state index is 13.6. The number of phenols is 1. The fraction of sp³-hybridized carbons (Fsp3) is 0.105. The molecule has 7 nitrogen and oxygen atoms in total. The molecule has 0 atom stereocenters. The van der Waals surface area contributed by atoms with Crippen molar-refractivity contribution in [3.05, 3.63) is 58.5 Å². The van der Waals surface area contributed by atoms with Gasteiger partial charge in [0.1, 0.15) is 18.2 Å². The Morgan fingerprint density at radius 3 is 2.66 bits per heavy atom. The summed E-state index contributed by atoms with van der Waals surface area (Å²) in [5.41, 5.74) is 0.180. The van der Waals surface area contributed by atoms with Crippen LogP contribution in [0.5, 0.6) is 11.5 Å². The molecular formula is C19H14F2N2O5S. The van der Waals surface area contributed by atoms with Crippen molar-refractivity contribution >= 4 is 40.6 Å². The number of methoxy groups -OCH3 is 1. The number of nitrogens with one attached hydrogen (secondary N) is 1. The van der Waals surface area contributed by atoms with Crippen LogP contribution in [-0.4, -0.2) is 40.7 Å². The lowest BCUT2D eigenvalue weighted by atomic mass is 10.2. The summed E-state index contributed by atoms with van der Waals surface area (Å²) in [6.07, 6.45) is 1.39. The van der Waals surface area contributed by atoms with Gasteiger partial charge in [0.15, 0.2) is 11.5 Å². The molecule has 1 aliphatic heterocycles. The minimum atomic E-state index is -0.980. The van der Waals surface area contributed by atoms with Gasteiger partial charge in [-0.15, -0.1) is 0 Å². The van der Waals surface area contributed by atoms with Crippen molar-refractivity contribution in [1.82, 2.24) is 4.90 Å². The molecule has 3 amide bonds. The van der Waals surface area contributed by atoms with Crippen molar-refractivity contribution in [3.8, 4) is 11.5 Å². The largest absolute Gasteiger partial charge is 0.504 e. The molecular weight excluding hydrogens is 406 g/mol. The Bertz CT molecular complexity index is 1040. The van der Waals surface area contributed by atoms with E-state index in [9.17, 15) is 28.3 Å². The van der Waals surface area contributed by atoms with Gasteiger partial charge in [-0.05, 0) is 47.7 Å². The highest BCUT2D eigenvalue weighted by Gasteiger charge is 2.36. The number of ether oxygens (including phenoxy) is 1. The van der Waals surface area contributed by atoms with Gasteiger partial charge in [0.2, 0.25) is 5.91 Å². The summed E-state index contributed by atoms with van der Waals surface area (Å²) in [5, 5.41) is 11.3. The average Bonchev–Trinajstić information content (AvgIpc) is 2.91. The van der Waals surface area contributed by atoms with Gasteiger partial charge < -0.3 is 15.2 Å². The summed E-state index contributed by atoms with van der Waals surface area (Å²) in [6, 6.07) is 7.03. The van der Waals surface area contributed by atoms with E-state index >= 15 is 0 Å². The molecule has 1 saturated heterocycles. The van der Waals surface area contributed by atoms with Crippen molar-refractivity contribution < 1.29 is 33.0 Å². The molecule has 0 unspecified atom stereocenters. The molecule has 1 aliphatic rings. The number of amides is 3. The molecule has 0 bridgehead atoms. The second-order valence-electron chi connectivity index (χ2n) is 5.87. The predicted octanol–water partition coefficient (Wildman–Crippen LogP) is 3.35. The average molecular weight is 420 g/mol. The molecule has 0 spiro atoms. The van der Waals surface area contributed by atoms with E-state index in [1.807, 2.05) is 0 Å². The van der Waals surface area contributed by atoms with Gasteiger partial charge in [-0.1, -0.05) is 6.07 Å². The minimum Gasteiger partial charge on any atom is -0.504 e. The van der Waals surface area contributed by atoms with Gasteiger partial charge in [0.25, 0.3) is 11.1 Å². The number of phenolic OH excluding ortho intramolecular Hbond substituents is 1. The lowest BCUT2D eigenvalue weighted by molar-refractivity contribution is -0.127. The lowest BCUT2D eigenvalue weighted by Crippen LogP contribution is -2.36. The fourth-order valence-corrected chi connectivity index (χ4v) is 3.35. The molecule has 0 aromatic heterocycles. The molecule has 2 aromatic rings. The molecule has 3 rings (SSSR count). The summed E-state index contributed by atoms with van der Waals surface area (Å²) in [7, 11) is 1.39. The van der Waals surface area contributed by atoms with Crippen LogP contribution in [-0.2, 0) is 9.59 Å². The van der Waals surface area contributed by atoms with Crippen molar-refractivity contribution in [2.75, 3.05) is 19.0 Å². The van der Waals surface area contributed by atoms with Crippen molar-refractivity contribution in [1.29, 1.82) is 0 Å². The molecule has 150 valence electrons. The van der Waals surface area contributed by atoms with Crippen molar-refractivity contribution in [2.45, 2.75) is 0 Å². The first-order chi connectivity index (χ1) is 13.8. The summed E-state index contributed by atoms with van der Waals surface area (Å²) in [6.45, 7) is -0.632. The molecule has 0 aliphatic carbocycles. The fourth-order valence-electron chi connectivity index (χ4n) is 2.51. The van der Waals surface area contributed by atoms with Crippen LogP contribution in [0.3, 0.4) is 0 Å². The minimum absolute atomic E-state index is 0.0559. The van der Waals surface area contributed by atoms with Crippen LogP contribution in [0.1, 0.15) is 5.56 Å². The van der Waals surface area contributed by atoms with Gasteiger partial charge >= 0.3 is 0 Å². The number of thioether (sulfide) groups is 1. The van der Waals surface area contributed by atoms with Crippen LogP contribution in [0.15, 0.2) is 41.3 Å².